The fourth-order valence-corrected chi connectivity index (χ4v) is 6.96. The van der Waals surface area contributed by atoms with Crippen LogP contribution < -0.4 is 0 Å². The zero-order chi connectivity index (χ0) is 36.6. The molecule has 2 aliphatic rings. The van der Waals surface area contributed by atoms with E-state index >= 15 is 0 Å². The molecule has 0 aromatic heterocycles. The molecular weight excluding hydrogens is 617 g/mol. The third-order valence-corrected chi connectivity index (χ3v) is 12.4. The van der Waals surface area contributed by atoms with E-state index in [-0.39, 0.29) is 22.3 Å². The second-order valence-corrected chi connectivity index (χ2v) is 15.8. The van der Waals surface area contributed by atoms with Gasteiger partial charge in [-0.3, -0.25) is 0 Å². The number of aryl methyl sites for hydroxylation is 1. The Morgan fingerprint density at radius 1 is 0.580 bits per heavy atom. The van der Waals surface area contributed by atoms with Crippen LogP contribution in [0.1, 0.15) is 108 Å². The van der Waals surface area contributed by atoms with Crippen LogP contribution >= 0.6 is 0 Å². The summed E-state index contributed by atoms with van der Waals surface area (Å²) in [6, 6.07) is 19.4. The number of aromatic hydroxyl groups is 2. The first kappa shape index (κ1) is 36.6. The van der Waals surface area contributed by atoms with Gasteiger partial charge in [0.25, 0.3) is 0 Å². The van der Waals surface area contributed by atoms with Crippen LogP contribution in [0, 0.1) is 28.6 Å². The van der Waals surface area contributed by atoms with Gasteiger partial charge in [0.1, 0.15) is 23.0 Å². The molecule has 0 aliphatic heterocycles. The Balaban J connectivity index is 1.65. The molecule has 3 aromatic rings. The standard InChI is InChI=1S/C46H54O4/c1-10-43(4,5)45(8)26-24-31(18-22-40(45)49)34-16-20-38(47)36(28-34)42(33-14-12-30(3)13-15-33)37-29-35(17-21-39(37)48)32-19-23-41(50)46(9,27-25-32)44(6,7)11-2/h12-29,42,47-50H,10-11H2,1-9H3. The number of rotatable bonds is 9. The molecule has 0 amide bonds. The topological polar surface area (TPSA) is 80.9 Å². The second-order valence-electron chi connectivity index (χ2n) is 15.8. The van der Waals surface area contributed by atoms with E-state index in [2.05, 4.69) is 79.7 Å². The highest BCUT2D eigenvalue weighted by atomic mass is 16.3. The molecule has 3 aromatic carbocycles. The molecule has 0 radical (unpaired) electrons. The SMILES string of the molecule is CCC(C)(C)C1(C)C=CC(c2ccc(O)c(C(c3ccc(C)cc3)c3cc(C4=CC=C(O)C(C)(C(C)(C)CC)C=C4)ccc3O)c2)=CC=C1O. The van der Waals surface area contributed by atoms with Crippen LogP contribution in [0.5, 0.6) is 11.5 Å². The summed E-state index contributed by atoms with van der Waals surface area (Å²) < 4.78 is 0. The van der Waals surface area contributed by atoms with Gasteiger partial charge in [-0.25, -0.2) is 0 Å². The van der Waals surface area contributed by atoms with Gasteiger partial charge in [-0.1, -0.05) is 120 Å². The molecular formula is C46H54O4. The molecule has 2 aliphatic carbocycles. The summed E-state index contributed by atoms with van der Waals surface area (Å²) in [7, 11) is 0. The number of aliphatic hydroxyl groups excluding tert-OH is 2. The molecule has 0 fully saturated rings. The number of hydrogen-bond acceptors (Lipinski definition) is 4. The zero-order valence-electron chi connectivity index (χ0n) is 31.2. The number of aliphatic hydroxyl groups is 2. The highest BCUT2D eigenvalue weighted by Gasteiger charge is 2.42. The maximum atomic E-state index is 11.5. The largest absolute Gasteiger partial charge is 0.511 e. The normalized spacial score (nSPS) is 21.8. The van der Waals surface area contributed by atoms with Crippen LogP contribution in [0.2, 0.25) is 0 Å². The summed E-state index contributed by atoms with van der Waals surface area (Å²) in [5.41, 5.74) is 5.50. The maximum Gasteiger partial charge on any atom is 0.119 e. The number of allylic oxidation sites excluding steroid dienone is 10. The van der Waals surface area contributed by atoms with Gasteiger partial charge in [-0.2, -0.15) is 0 Å². The molecule has 0 saturated carbocycles. The van der Waals surface area contributed by atoms with E-state index in [1.165, 1.54) is 0 Å². The Hall–Kier alpha value is -4.70. The second kappa shape index (κ2) is 13.5. The number of hydrogen-bond donors (Lipinski definition) is 4. The molecule has 0 heterocycles. The van der Waals surface area contributed by atoms with E-state index in [4.69, 9.17) is 0 Å². The third kappa shape index (κ3) is 6.49. The van der Waals surface area contributed by atoms with Crippen molar-refractivity contribution in [3.05, 3.63) is 154 Å². The van der Waals surface area contributed by atoms with Gasteiger partial charge in [-0.15, -0.1) is 0 Å². The van der Waals surface area contributed by atoms with Gasteiger partial charge in [-0.05, 0) is 109 Å². The molecule has 2 unspecified atom stereocenters. The Labute approximate surface area is 299 Å². The average Bonchev–Trinajstić information content (AvgIpc) is 3.35. The van der Waals surface area contributed by atoms with E-state index in [0.717, 1.165) is 46.2 Å². The van der Waals surface area contributed by atoms with Gasteiger partial charge in [0.05, 0.1) is 0 Å². The van der Waals surface area contributed by atoms with Crippen molar-refractivity contribution >= 4 is 11.1 Å². The lowest BCUT2D eigenvalue weighted by atomic mass is 9.64. The summed E-state index contributed by atoms with van der Waals surface area (Å²) in [5.74, 6) is 0.381. The van der Waals surface area contributed by atoms with Gasteiger partial charge in [0.15, 0.2) is 0 Å². The smallest absolute Gasteiger partial charge is 0.119 e. The van der Waals surface area contributed by atoms with Gasteiger partial charge in [0.2, 0.25) is 0 Å². The maximum absolute atomic E-state index is 11.5. The molecule has 2 atom stereocenters. The first-order chi connectivity index (χ1) is 23.5. The molecule has 4 nitrogen and oxygen atoms in total. The highest BCUT2D eigenvalue weighted by molar-refractivity contribution is 5.79. The first-order valence-corrected chi connectivity index (χ1v) is 17.8. The van der Waals surface area contributed by atoms with Crippen molar-refractivity contribution in [2.45, 2.75) is 81.1 Å². The summed E-state index contributed by atoms with van der Waals surface area (Å²) >= 11 is 0. The first-order valence-electron chi connectivity index (χ1n) is 17.8. The minimum absolute atomic E-state index is 0.122. The summed E-state index contributed by atoms with van der Waals surface area (Å²) in [4.78, 5) is 0. The van der Waals surface area contributed by atoms with Crippen LogP contribution in [-0.4, -0.2) is 20.4 Å². The van der Waals surface area contributed by atoms with Crippen molar-refractivity contribution in [2.75, 3.05) is 0 Å². The predicted molar refractivity (Wildman–Crippen MR) is 208 cm³/mol. The number of benzene rings is 3. The molecule has 0 spiro atoms. The zero-order valence-corrected chi connectivity index (χ0v) is 31.2. The molecule has 5 rings (SSSR count). The summed E-state index contributed by atoms with van der Waals surface area (Å²) in [5, 5.41) is 45.4. The lowest BCUT2D eigenvalue weighted by molar-refractivity contribution is 0.120. The van der Waals surface area contributed by atoms with E-state index in [1.54, 1.807) is 24.3 Å². The lowest BCUT2D eigenvalue weighted by Crippen LogP contribution is -2.34. The molecule has 50 heavy (non-hydrogen) atoms. The van der Waals surface area contributed by atoms with Crippen LogP contribution in [0.25, 0.3) is 11.1 Å². The van der Waals surface area contributed by atoms with Gasteiger partial charge >= 0.3 is 0 Å². The van der Waals surface area contributed by atoms with Crippen LogP contribution in [0.4, 0.5) is 0 Å². The monoisotopic (exact) mass is 670 g/mol. The minimum Gasteiger partial charge on any atom is -0.511 e. The van der Waals surface area contributed by atoms with Crippen molar-refractivity contribution in [1.82, 2.24) is 0 Å². The van der Waals surface area contributed by atoms with Crippen molar-refractivity contribution < 1.29 is 20.4 Å². The predicted octanol–water partition coefficient (Wildman–Crippen LogP) is 12.3. The molecule has 0 bridgehead atoms. The molecule has 4 N–H and O–H groups in total. The van der Waals surface area contributed by atoms with Crippen molar-refractivity contribution in [1.29, 1.82) is 0 Å². The molecule has 262 valence electrons. The fraction of sp³-hybridized carbons (Fsp3) is 0.348. The van der Waals surface area contributed by atoms with Crippen molar-refractivity contribution in [3.63, 3.8) is 0 Å². The lowest BCUT2D eigenvalue weighted by Gasteiger charge is -2.41. The average molecular weight is 671 g/mol. The van der Waals surface area contributed by atoms with Gasteiger partial charge < -0.3 is 20.4 Å². The number of phenolic OH excluding ortho intramolecular Hbond substituents is 2. The highest BCUT2D eigenvalue weighted by Crippen LogP contribution is 2.50. The van der Waals surface area contributed by atoms with Crippen LogP contribution in [-0.2, 0) is 0 Å². The Morgan fingerprint density at radius 2 is 0.980 bits per heavy atom. The van der Waals surface area contributed by atoms with Crippen molar-refractivity contribution in [2.24, 2.45) is 21.7 Å². The molecule has 4 heteroatoms. The number of phenols is 2. The van der Waals surface area contributed by atoms with Crippen LogP contribution in [0.15, 0.2) is 121 Å². The van der Waals surface area contributed by atoms with Gasteiger partial charge in [0, 0.05) is 27.9 Å². The third-order valence-electron chi connectivity index (χ3n) is 12.4. The molecule has 0 saturated heterocycles. The van der Waals surface area contributed by atoms with E-state index in [1.807, 2.05) is 67.6 Å². The summed E-state index contributed by atoms with van der Waals surface area (Å²) in [6.07, 6.45) is 17.5. The van der Waals surface area contributed by atoms with Crippen LogP contribution in [0.3, 0.4) is 0 Å². The van der Waals surface area contributed by atoms with Crippen molar-refractivity contribution in [3.8, 4) is 11.5 Å². The van der Waals surface area contributed by atoms with E-state index in [9.17, 15) is 20.4 Å². The summed E-state index contributed by atoms with van der Waals surface area (Å²) in [6.45, 7) is 19.1. The van der Waals surface area contributed by atoms with E-state index in [0.29, 0.717) is 22.6 Å². The Morgan fingerprint density at radius 3 is 1.36 bits per heavy atom. The quantitative estimate of drug-likeness (QED) is 0.171. The fourth-order valence-electron chi connectivity index (χ4n) is 6.96. The minimum atomic E-state index is -0.548. The Kier molecular flexibility index (Phi) is 9.91. The van der Waals surface area contributed by atoms with E-state index < -0.39 is 16.7 Å². The Bertz CT molecular complexity index is 1830.